The van der Waals surface area contributed by atoms with Gasteiger partial charge in [0, 0.05) is 29.2 Å². The third kappa shape index (κ3) is 3.53. The van der Waals surface area contributed by atoms with Gasteiger partial charge >= 0.3 is 0 Å². The van der Waals surface area contributed by atoms with E-state index in [4.69, 9.17) is 4.74 Å². The van der Waals surface area contributed by atoms with Crippen molar-refractivity contribution in [1.82, 2.24) is 15.2 Å². The summed E-state index contributed by atoms with van der Waals surface area (Å²) in [5, 5.41) is 3.80. The number of aromatic nitrogens is 1. The molecule has 2 N–H and O–H groups in total. The number of H-pyrrole nitrogens is 1. The predicted molar refractivity (Wildman–Crippen MR) is 106 cm³/mol. The standard InChI is InChI=1S/C21H29N3O3/c1-12(2)8-18-20-15(6-7-24(18)21(26)14(4)22-11-25)16-9-13(3)19(27-5)10-17(16)23-20/h9-12,14,18,23H,6-8H2,1-5H3,(H,22,25). The van der Waals surface area contributed by atoms with Gasteiger partial charge in [-0.05, 0) is 49.8 Å². The molecule has 0 aliphatic carbocycles. The fraction of sp³-hybridized carbons (Fsp3) is 0.524. The van der Waals surface area contributed by atoms with Gasteiger partial charge in [-0.15, -0.1) is 0 Å². The van der Waals surface area contributed by atoms with Crippen LogP contribution in [0.2, 0.25) is 0 Å². The first kappa shape index (κ1) is 19.3. The van der Waals surface area contributed by atoms with E-state index in [0.29, 0.717) is 18.9 Å². The smallest absolute Gasteiger partial charge is 0.245 e. The summed E-state index contributed by atoms with van der Waals surface area (Å²) in [6.45, 7) is 8.78. The Bertz CT molecular complexity index is 856. The van der Waals surface area contributed by atoms with Crippen LogP contribution in [0.5, 0.6) is 5.75 Å². The molecule has 3 rings (SSSR count). The third-order valence-corrected chi connectivity index (χ3v) is 5.43. The summed E-state index contributed by atoms with van der Waals surface area (Å²) in [5.74, 6) is 1.26. The molecule has 27 heavy (non-hydrogen) atoms. The number of rotatable bonds is 6. The number of aromatic amines is 1. The zero-order valence-corrected chi connectivity index (χ0v) is 16.8. The molecule has 1 aromatic carbocycles. The average Bonchev–Trinajstić information content (AvgIpc) is 2.98. The molecule has 2 heterocycles. The highest BCUT2D eigenvalue weighted by Crippen LogP contribution is 2.39. The predicted octanol–water partition coefficient (Wildman–Crippen LogP) is 3.09. The molecule has 0 saturated heterocycles. The Morgan fingerprint density at radius 2 is 2.15 bits per heavy atom. The monoisotopic (exact) mass is 371 g/mol. The van der Waals surface area contributed by atoms with Crippen LogP contribution < -0.4 is 10.1 Å². The lowest BCUT2D eigenvalue weighted by atomic mass is 9.91. The van der Waals surface area contributed by atoms with Gasteiger partial charge in [0.2, 0.25) is 12.3 Å². The minimum Gasteiger partial charge on any atom is -0.496 e. The number of carbonyl (C=O) groups is 2. The van der Waals surface area contributed by atoms with E-state index in [1.165, 1.54) is 10.9 Å². The molecule has 6 heteroatoms. The molecule has 146 valence electrons. The SMILES string of the molecule is COc1cc2[nH]c3c(c2cc1C)CCN(C(=O)C(C)NC=O)C3CC(C)C. The quantitative estimate of drug-likeness (QED) is 0.766. The van der Waals surface area contributed by atoms with Crippen LogP contribution in [0.25, 0.3) is 10.9 Å². The summed E-state index contributed by atoms with van der Waals surface area (Å²) in [4.78, 5) is 29.2. The Kier molecular flexibility index (Phi) is 5.44. The number of nitrogens with zero attached hydrogens (tertiary/aromatic N) is 1. The van der Waals surface area contributed by atoms with E-state index >= 15 is 0 Å². The fourth-order valence-electron chi connectivity index (χ4n) is 4.10. The molecule has 2 aromatic rings. The van der Waals surface area contributed by atoms with Gasteiger partial charge in [-0.3, -0.25) is 9.59 Å². The van der Waals surface area contributed by atoms with Crippen molar-refractivity contribution in [1.29, 1.82) is 0 Å². The van der Waals surface area contributed by atoms with Crippen LogP contribution in [0.15, 0.2) is 12.1 Å². The van der Waals surface area contributed by atoms with Crippen molar-refractivity contribution in [2.45, 2.75) is 52.6 Å². The molecule has 0 fully saturated rings. The molecule has 2 amide bonds. The number of aryl methyl sites for hydroxylation is 1. The molecule has 6 nitrogen and oxygen atoms in total. The number of carbonyl (C=O) groups excluding carboxylic acids is 2. The number of nitrogens with one attached hydrogen (secondary N) is 2. The van der Waals surface area contributed by atoms with Crippen LogP contribution in [-0.2, 0) is 16.0 Å². The van der Waals surface area contributed by atoms with Gasteiger partial charge < -0.3 is 19.9 Å². The first-order chi connectivity index (χ1) is 12.9. The van der Waals surface area contributed by atoms with Crippen molar-refractivity contribution in [3.63, 3.8) is 0 Å². The Morgan fingerprint density at radius 1 is 1.41 bits per heavy atom. The van der Waals surface area contributed by atoms with Crippen LogP contribution in [-0.4, -0.2) is 41.9 Å². The van der Waals surface area contributed by atoms with E-state index in [2.05, 4.69) is 37.1 Å². The second kappa shape index (κ2) is 7.62. The normalized spacial score (nSPS) is 17.7. The zero-order valence-electron chi connectivity index (χ0n) is 16.8. The van der Waals surface area contributed by atoms with Gasteiger partial charge in [0.25, 0.3) is 0 Å². The molecule has 1 aliphatic rings. The number of benzene rings is 1. The van der Waals surface area contributed by atoms with Crippen molar-refractivity contribution in [3.8, 4) is 5.75 Å². The largest absolute Gasteiger partial charge is 0.496 e. The number of amides is 2. The minimum absolute atomic E-state index is 0.0177. The van der Waals surface area contributed by atoms with E-state index in [9.17, 15) is 9.59 Å². The second-order valence-electron chi connectivity index (χ2n) is 7.82. The lowest BCUT2D eigenvalue weighted by Gasteiger charge is -2.38. The topological polar surface area (TPSA) is 74.4 Å². The van der Waals surface area contributed by atoms with Crippen molar-refractivity contribution >= 4 is 23.2 Å². The first-order valence-electron chi connectivity index (χ1n) is 9.56. The molecule has 0 spiro atoms. The van der Waals surface area contributed by atoms with Crippen LogP contribution in [0.3, 0.4) is 0 Å². The highest BCUT2D eigenvalue weighted by molar-refractivity contribution is 5.89. The van der Waals surface area contributed by atoms with Gasteiger partial charge in [-0.25, -0.2) is 0 Å². The Morgan fingerprint density at radius 3 is 2.78 bits per heavy atom. The Labute approximate surface area is 160 Å². The van der Waals surface area contributed by atoms with E-state index in [1.807, 2.05) is 11.0 Å². The number of hydrogen-bond donors (Lipinski definition) is 2. The van der Waals surface area contributed by atoms with Gasteiger partial charge in [0.15, 0.2) is 0 Å². The molecule has 1 aromatic heterocycles. The van der Waals surface area contributed by atoms with Crippen LogP contribution in [0.4, 0.5) is 0 Å². The van der Waals surface area contributed by atoms with Gasteiger partial charge in [0.1, 0.15) is 11.8 Å². The zero-order chi connectivity index (χ0) is 19.7. The number of hydrogen-bond acceptors (Lipinski definition) is 3. The van der Waals surface area contributed by atoms with E-state index < -0.39 is 6.04 Å². The maximum absolute atomic E-state index is 12.9. The van der Waals surface area contributed by atoms with Crippen LogP contribution in [0.1, 0.15) is 50.1 Å². The third-order valence-electron chi connectivity index (χ3n) is 5.43. The Hall–Kier alpha value is -2.50. The van der Waals surface area contributed by atoms with Crippen molar-refractivity contribution in [3.05, 3.63) is 29.0 Å². The summed E-state index contributed by atoms with van der Waals surface area (Å²) in [5.41, 5.74) is 4.56. The summed E-state index contributed by atoms with van der Waals surface area (Å²) in [6.07, 6.45) is 2.26. The lowest BCUT2D eigenvalue weighted by Crippen LogP contribution is -2.48. The number of methoxy groups -OCH3 is 1. The molecule has 2 atom stereocenters. The van der Waals surface area contributed by atoms with Crippen molar-refractivity contribution in [2.24, 2.45) is 5.92 Å². The van der Waals surface area contributed by atoms with Gasteiger partial charge in [-0.1, -0.05) is 13.8 Å². The summed E-state index contributed by atoms with van der Waals surface area (Å²) in [6, 6.07) is 3.67. The summed E-state index contributed by atoms with van der Waals surface area (Å²) < 4.78 is 5.47. The van der Waals surface area contributed by atoms with Gasteiger partial charge in [-0.2, -0.15) is 0 Å². The molecule has 1 aliphatic heterocycles. The summed E-state index contributed by atoms with van der Waals surface area (Å²) >= 11 is 0. The van der Waals surface area contributed by atoms with Gasteiger partial charge in [0.05, 0.1) is 13.2 Å². The molecule has 0 bridgehead atoms. The van der Waals surface area contributed by atoms with Crippen molar-refractivity contribution in [2.75, 3.05) is 13.7 Å². The average molecular weight is 371 g/mol. The second-order valence-corrected chi connectivity index (χ2v) is 7.82. The van der Waals surface area contributed by atoms with E-state index in [1.54, 1.807) is 14.0 Å². The highest BCUT2D eigenvalue weighted by Gasteiger charge is 2.35. The number of fused-ring (bicyclic) bond motifs is 3. The van der Waals surface area contributed by atoms with Crippen LogP contribution in [0, 0.1) is 12.8 Å². The van der Waals surface area contributed by atoms with Crippen molar-refractivity contribution < 1.29 is 14.3 Å². The van der Waals surface area contributed by atoms with Crippen LogP contribution >= 0.6 is 0 Å². The lowest BCUT2D eigenvalue weighted by molar-refractivity contribution is -0.137. The highest BCUT2D eigenvalue weighted by atomic mass is 16.5. The van der Waals surface area contributed by atoms with E-state index in [-0.39, 0.29) is 11.9 Å². The maximum Gasteiger partial charge on any atom is 0.245 e. The number of ether oxygens (including phenoxy) is 1. The molecule has 0 saturated carbocycles. The first-order valence-corrected chi connectivity index (χ1v) is 9.56. The molecular weight excluding hydrogens is 342 g/mol. The Balaban J connectivity index is 2.06. The summed E-state index contributed by atoms with van der Waals surface area (Å²) in [7, 11) is 1.68. The van der Waals surface area contributed by atoms with E-state index in [0.717, 1.165) is 35.4 Å². The minimum atomic E-state index is -0.523. The fourth-order valence-corrected chi connectivity index (χ4v) is 4.10. The molecular formula is C21H29N3O3. The molecule has 0 radical (unpaired) electrons. The maximum atomic E-state index is 12.9. The molecule has 2 unspecified atom stereocenters.